The van der Waals surface area contributed by atoms with Gasteiger partial charge in [0.25, 0.3) is 5.91 Å². The van der Waals surface area contributed by atoms with Gasteiger partial charge in [0.2, 0.25) is 0 Å². The lowest BCUT2D eigenvalue weighted by Crippen LogP contribution is -2.39. The zero-order chi connectivity index (χ0) is 17.5. The number of benzene rings is 1. The highest BCUT2D eigenvalue weighted by molar-refractivity contribution is 6.35. The predicted molar refractivity (Wildman–Crippen MR) is 97.8 cm³/mol. The Morgan fingerprint density at radius 1 is 1.29 bits per heavy atom. The van der Waals surface area contributed by atoms with Gasteiger partial charge in [-0.3, -0.25) is 4.79 Å². The first-order valence-electron chi connectivity index (χ1n) is 8.54. The van der Waals surface area contributed by atoms with Crippen LogP contribution in [0.1, 0.15) is 43.0 Å². The van der Waals surface area contributed by atoms with Gasteiger partial charge in [0.05, 0.1) is 6.17 Å². The van der Waals surface area contributed by atoms with E-state index in [1.807, 2.05) is 0 Å². The minimum Gasteiger partial charge on any atom is -0.352 e. The molecule has 0 bridgehead atoms. The maximum Gasteiger partial charge on any atom is 0.251 e. The number of hydrogen-bond acceptors (Lipinski definition) is 2. The zero-order valence-electron chi connectivity index (χ0n) is 14.0. The van der Waals surface area contributed by atoms with Crippen LogP contribution in [0.4, 0.5) is 4.39 Å². The predicted octanol–water partition coefficient (Wildman–Crippen LogP) is 4.57. The summed E-state index contributed by atoms with van der Waals surface area (Å²) in [5.41, 5.74) is 0.491. The van der Waals surface area contributed by atoms with Crippen molar-refractivity contribution >= 4 is 29.1 Å². The van der Waals surface area contributed by atoms with Crippen molar-refractivity contribution in [1.29, 1.82) is 0 Å². The fraction of sp³-hybridized carbons (Fsp3) is 0.611. The average Bonchev–Trinajstić information content (AvgIpc) is 2.52. The van der Waals surface area contributed by atoms with E-state index in [1.54, 1.807) is 25.1 Å². The number of nitrogens with one attached hydrogen (secondary N) is 1. The van der Waals surface area contributed by atoms with E-state index >= 15 is 0 Å². The molecule has 0 aromatic heterocycles. The molecule has 1 heterocycles. The van der Waals surface area contributed by atoms with Crippen LogP contribution in [0.2, 0.25) is 10.0 Å². The van der Waals surface area contributed by atoms with Gasteiger partial charge in [-0.2, -0.15) is 0 Å². The van der Waals surface area contributed by atoms with Gasteiger partial charge in [0, 0.05) is 22.2 Å². The molecule has 0 radical (unpaired) electrons. The molecule has 6 heteroatoms. The standard InChI is InChI=1S/C18H25Cl2FN2O/c1-13(21)3-2-6-23-7-4-14(5-8-23)12-22-18(24)15-9-16(19)11-17(20)10-15/h9-11,13-14H,2-8,12H2,1H3,(H,22,24). The Balaban J connectivity index is 1.69. The maximum absolute atomic E-state index is 12.8. The van der Waals surface area contributed by atoms with Crippen LogP contribution < -0.4 is 5.32 Å². The number of likely N-dealkylation sites (tertiary alicyclic amines) is 1. The summed E-state index contributed by atoms with van der Waals surface area (Å²) in [6, 6.07) is 4.85. The lowest BCUT2D eigenvalue weighted by molar-refractivity contribution is 0.0935. The first-order valence-corrected chi connectivity index (χ1v) is 9.30. The van der Waals surface area contributed by atoms with Crippen LogP contribution in [0.5, 0.6) is 0 Å². The first kappa shape index (κ1) is 19.5. The smallest absolute Gasteiger partial charge is 0.251 e. The van der Waals surface area contributed by atoms with E-state index in [0.29, 0.717) is 34.5 Å². The topological polar surface area (TPSA) is 32.3 Å². The molecule has 1 aliphatic rings. The van der Waals surface area contributed by atoms with Gasteiger partial charge in [-0.15, -0.1) is 0 Å². The Bertz CT molecular complexity index is 526. The third kappa shape index (κ3) is 6.58. The van der Waals surface area contributed by atoms with Crippen molar-refractivity contribution in [3.05, 3.63) is 33.8 Å². The first-order chi connectivity index (χ1) is 11.4. The maximum atomic E-state index is 12.8. The number of carbonyl (C=O) groups excluding carboxylic acids is 1. The highest BCUT2D eigenvalue weighted by Gasteiger charge is 2.20. The fourth-order valence-corrected chi connectivity index (χ4v) is 3.56. The average molecular weight is 375 g/mol. The van der Waals surface area contributed by atoms with E-state index < -0.39 is 6.17 Å². The number of piperidine rings is 1. The molecule has 3 nitrogen and oxygen atoms in total. The van der Waals surface area contributed by atoms with Gasteiger partial charge < -0.3 is 10.2 Å². The third-order valence-corrected chi connectivity index (χ3v) is 4.90. The minimum atomic E-state index is -0.710. The molecule has 0 saturated carbocycles. The summed E-state index contributed by atoms with van der Waals surface area (Å²) >= 11 is 11.9. The van der Waals surface area contributed by atoms with Crippen LogP contribution in [-0.4, -0.2) is 43.2 Å². The highest BCUT2D eigenvalue weighted by Crippen LogP contribution is 2.20. The van der Waals surface area contributed by atoms with E-state index in [2.05, 4.69) is 10.2 Å². The van der Waals surface area contributed by atoms with E-state index in [9.17, 15) is 9.18 Å². The summed E-state index contributed by atoms with van der Waals surface area (Å²) < 4.78 is 12.8. The SMILES string of the molecule is CC(F)CCCN1CCC(CNC(=O)c2cc(Cl)cc(Cl)c2)CC1. The van der Waals surface area contributed by atoms with Crippen molar-refractivity contribution in [3.63, 3.8) is 0 Å². The molecule has 1 aliphatic heterocycles. The molecule has 1 amide bonds. The second-order valence-electron chi connectivity index (χ2n) is 6.58. The normalized spacial score (nSPS) is 17.7. The summed E-state index contributed by atoms with van der Waals surface area (Å²) in [6.45, 7) is 5.28. The summed E-state index contributed by atoms with van der Waals surface area (Å²) in [4.78, 5) is 14.6. The second kappa shape index (κ2) is 9.59. The Kier molecular flexibility index (Phi) is 7.79. The van der Waals surface area contributed by atoms with Crippen LogP contribution in [0.15, 0.2) is 18.2 Å². The molecule has 1 fully saturated rings. The molecule has 1 N–H and O–H groups in total. The van der Waals surface area contributed by atoms with Crippen molar-refractivity contribution in [2.75, 3.05) is 26.2 Å². The van der Waals surface area contributed by atoms with E-state index in [-0.39, 0.29) is 5.91 Å². The zero-order valence-corrected chi connectivity index (χ0v) is 15.5. The molecule has 1 saturated heterocycles. The Morgan fingerprint density at radius 2 is 1.92 bits per heavy atom. The van der Waals surface area contributed by atoms with E-state index in [1.165, 1.54) is 0 Å². The minimum absolute atomic E-state index is 0.140. The van der Waals surface area contributed by atoms with Crippen LogP contribution in [-0.2, 0) is 0 Å². The molecule has 0 spiro atoms. The molecule has 134 valence electrons. The van der Waals surface area contributed by atoms with E-state index in [0.717, 1.165) is 38.9 Å². The quantitative estimate of drug-likeness (QED) is 0.757. The van der Waals surface area contributed by atoms with E-state index in [4.69, 9.17) is 23.2 Å². The number of rotatable bonds is 7. The Morgan fingerprint density at radius 3 is 2.50 bits per heavy atom. The summed E-state index contributed by atoms with van der Waals surface area (Å²) in [5.74, 6) is 0.346. The highest BCUT2D eigenvalue weighted by atomic mass is 35.5. The summed E-state index contributed by atoms with van der Waals surface area (Å²) in [5, 5.41) is 3.89. The Hall–Kier alpha value is -0.840. The van der Waals surface area contributed by atoms with Crippen molar-refractivity contribution < 1.29 is 9.18 Å². The van der Waals surface area contributed by atoms with Gasteiger partial charge in [-0.25, -0.2) is 4.39 Å². The molecule has 1 aromatic rings. The Labute approximate surface area is 153 Å². The van der Waals surface area contributed by atoms with Crippen LogP contribution in [0.3, 0.4) is 0 Å². The van der Waals surface area contributed by atoms with Gasteiger partial charge in [0.1, 0.15) is 0 Å². The molecule has 1 atom stereocenters. The molecule has 24 heavy (non-hydrogen) atoms. The van der Waals surface area contributed by atoms with Crippen molar-refractivity contribution in [3.8, 4) is 0 Å². The molecule has 1 unspecified atom stereocenters. The summed E-state index contributed by atoms with van der Waals surface area (Å²) in [6.07, 6.45) is 2.95. The number of hydrogen-bond donors (Lipinski definition) is 1. The molecular formula is C18H25Cl2FN2O. The number of alkyl halides is 1. The van der Waals surface area contributed by atoms with Gasteiger partial charge >= 0.3 is 0 Å². The van der Waals surface area contributed by atoms with Crippen LogP contribution >= 0.6 is 23.2 Å². The number of halogens is 3. The van der Waals surface area contributed by atoms with Crippen LogP contribution in [0, 0.1) is 5.92 Å². The second-order valence-corrected chi connectivity index (χ2v) is 7.45. The lowest BCUT2D eigenvalue weighted by atomic mass is 9.96. The number of nitrogens with zero attached hydrogens (tertiary/aromatic N) is 1. The number of carbonyl (C=O) groups is 1. The molecule has 2 rings (SSSR count). The van der Waals surface area contributed by atoms with Crippen molar-refractivity contribution in [2.24, 2.45) is 5.92 Å². The van der Waals surface area contributed by atoms with Crippen molar-refractivity contribution in [2.45, 2.75) is 38.8 Å². The molecular weight excluding hydrogens is 350 g/mol. The number of amides is 1. The monoisotopic (exact) mass is 374 g/mol. The summed E-state index contributed by atoms with van der Waals surface area (Å²) in [7, 11) is 0. The van der Waals surface area contributed by atoms with Crippen LogP contribution in [0.25, 0.3) is 0 Å². The van der Waals surface area contributed by atoms with Gasteiger partial charge in [-0.05, 0) is 76.4 Å². The molecule has 0 aliphatic carbocycles. The van der Waals surface area contributed by atoms with Gasteiger partial charge in [-0.1, -0.05) is 23.2 Å². The van der Waals surface area contributed by atoms with Gasteiger partial charge in [0.15, 0.2) is 0 Å². The largest absolute Gasteiger partial charge is 0.352 e. The third-order valence-electron chi connectivity index (χ3n) is 4.46. The fourth-order valence-electron chi connectivity index (χ4n) is 3.03. The molecule has 1 aromatic carbocycles. The van der Waals surface area contributed by atoms with Crippen molar-refractivity contribution in [1.82, 2.24) is 10.2 Å². The lowest BCUT2D eigenvalue weighted by Gasteiger charge is -2.32.